The highest BCUT2D eigenvalue weighted by atomic mass is 15.3. The minimum Gasteiger partial charge on any atom is -0.369 e. The molecule has 0 spiro atoms. The van der Waals surface area contributed by atoms with Crippen molar-refractivity contribution in [2.24, 2.45) is 21.7 Å². The summed E-state index contributed by atoms with van der Waals surface area (Å²) < 4.78 is 2.16. The molecule has 0 amide bonds. The zero-order valence-electron chi connectivity index (χ0n) is 9.67. The van der Waals surface area contributed by atoms with E-state index in [1.54, 1.807) is 6.21 Å². The Bertz CT molecular complexity index is 576. The molecule has 1 aromatic carbocycles. The zero-order valence-corrected chi connectivity index (χ0v) is 9.67. The standard InChI is InChI=1S/C12H15N5/c1-2-17-8-9(7-15-16-12(13)14)10-5-3-4-6-11(10)17/h3-8H,2H2,1H3,(H4,13,14,16)/b15-7-. The fourth-order valence-electron chi connectivity index (χ4n) is 1.80. The van der Waals surface area contributed by atoms with E-state index in [4.69, 9.17) is 11.5 Å². The fourth-order valence-corrected chi connectivity index (χ4v) is 1.80. The smallest absolute Gasteiger partial charge is 0.211 e. The highest BCUT2D eigenvalue weighted by Crippen LogP contribution is 2.19. The van der Waals surface area contributed by atoms with E-state index in [2.05, 4.69) is 33.8 Å². The minimum atomic E-state index is -0.0412. The number of guanidine groups is 1. The molecule has 1 aromatic heterocycles. The first-order valence-corrected chi connectivity index (χ1v) is 5.42. The fraction of sp³-hybridized carbons (Fsp3) is 0.167. The van der Waals surface area contributed by atoms with Crippen LogP contribution in [0.25, 0.3) is 10.9 Å². The van der Waals surface area contributed by atoms with Gasteiger partial charge in [0.15, 0.2) is 0 Å². The summed E-state index contributed by atoms with van der Waals surface area (Å²) in [6.45, 7) is 3.01. The second-order valence-corrected chi connectivity index (χ2v) is 3.66. The predicted molar refractivity (Wildman–Crippen MR) is 71.0 cm³/mol. The molecule has 0 aliphatic heterocycles. The highest BCUT2D eigenvalue weighted by Gasteiger charge is 2.04. The molecule has 0 aliphatic carbocycles. The third-order valence-corrected chi connectivity index (χ3v) is 2.53. The third-order valence-electron chi connectivity index (χ3n) is 2.53. The normalized spacial score (nSPS) is 11.1. The van der Waals surface area contributed by atoms with Gasteiger partial charge in [-0.1, -0.05) is 18.2 Å². The maximum absolute atomic E-state index is 5.21. The van der Waals surface area contributed by atoms with Gasteiger partial charge in [-0.05, 0) is 13.0 Å². The van der Waals surface area contributed by atoms with Gasteiger partial charge in [0.25, 0.3) is 0 Å². The maximum atomic E-state index is 5.21. The van der Waals surface area contributed by atoms with Crippen LogP contribution < -0.4 is 11.5 Å². The van der Waals surface area contributed by atoms with E-state index in [1.807, 2.05) is 18.3 Å². The zero-order chi connectivity index (χ0) is 12.3. The molecule has 5 nitrogen and oxygen atoms in total. The van der Waals surface area contributed by atoms with Crippen molar-refractivity contribution in [3.05, 3.63) is 36.0 Å². The van der Waals surface area contributed by atoms with Crippen molar-refractivity contribution in [1.29, 1.82) is 0 Å². The molecule has 0 bridgehead atoms. The van der Waals surface area contributed by atoms with E-state index in [1.165, 1.54) is 5.52 Å². The van der Waals surface area contributed by atoms with Crippen molar-refractivity contribution < 1.29 is 0 Å². The maximum Gasteiger partial charge on any atom is 0.211 e. The van der Waals surface area contributed by atoms with Gasteiger partial charge in [-0.3, -0.25) is 0 Å². The van der Waals surface area contributed by atoms with Crippen LogP contribution in [0.1, 0.15) is 12.5 Å². The van der Waals surface area contributed by atoms with Crippen LogP contribution in [-0.2, 0) is 6.54 Å². The predicted octanol–water partition coefficient (Wildman–Crippen LogP) is 1.27. The summed E-state index contributed by atoms with van der Waals surface area (Å²) in [6, 6.07) is 8.15. The summed E-state index contributed by atoms with van der Waals surface area (Å²) in [7, 11) is 0. The number of aryl methyl sites for hydroxylation is 1. The van der Waals surface area contributed by atoms with E-state index in [0.717, 1.165) is 17.5 Å². The molecule has 4 N–H and O–H groups in total. The molecule has 0 radical (unpaired) electrons. The second kappa shape index (κ2) is 4.69. The quantitative estimate of drug-likeness (QED) is 0.472. The first-order valence-electron chi connectivity index (χ1n) is 5.42. The van der Waals surface area contributed by atoms with Crippen molar-refractivity contribution in [1.82, 2.24) is 4.57 Å². The van der Waals surface area contributed by atoms with Crippen LogP contribution in [0, 0.1) is 0 Å². The van der Waals surface area contributed by atoms with Gasteiger partial charge >= 0.3 is 0 Å². The van der Waals surface area contributed by atoms with Gasteiger partial charge in [-0.2, -0.15) is 5.10 Å². The van der Waals surface area contributed by atoms with Gasteiger partial charge in [0, 0.05) is 29.2 Å². The lowest BCUT2D eigenvalue weighted by atomic mass is 10.2. The van der Waals surface area contributed by atoms with Crippen LogP contribution in [0.2, 0.25) is 0 Å². The van der Waals surface area contributed by atoms with E-state index in [0.29, 0.717) is 0 Å². The molecule has 2 rings (SSSR count). The van der Waals surface area contributed by atoms with Gasteiger partial charge in [0.2, 0.25) is 5.96 Å². The number of para-hydroxylation sites is 1. The molecule has 0 aliphatic rings. The summed E-state index contributed by atoms with van der Waals surface area (Å²) in [5, 5.41) is 8.58. The molecule has 88 valence electrons. The van der Waals surface area contributed by atoms with E-state index >= 15 is 0 Å². The van der Waals surface area contributed by atoms with Crippen LogP contribution in [0.5, 0.6) is 0 Å². The molecule has 17 heavy (non-hydrogen) atoms. The van der Waals surface area contributed by atoms with Crippen LogP contribution in [0.4, 0.5) is 0 Å². The van der Waals surface area contributed by atoms with Crippen LogP contribution in [-0.4, -0.2) is 16.7 Å². The summed E-state index contributed by atoms with van der Waals surface area (Å²) in [6.07, 6.45) is 3.70. The van der Waals surface area contributed by atoms with E-state index in [-0.39, 0.29) is 5.96 Å². The van der Waals surface area contributed by atoms with Crippen molar-refractivity contribution in [2.75, 3.05) is 0 Å². The number of hydrogen-bond donors (Lipinski definition) is 2. The van der Waals surface area contributed by atoms with Gasteiger partial charge in [-0.15, -0.1) is 5.10 Å². The first kappa shape index (κ1) is 11.2. The lowest BCUT2D eigenvalue weighted by Gasteiger charge is -1.97. The van der Waals surface area contributed by atoms with Crippen molar-refractivity contribution in [2.45, 2.75) is 13.5 Å². The Morgan fingerprint density at radius 1 is 1.35 bits per heavy atom. The average molecular weight is 229 g/mol. The van der Waals surface area contributed by atoms with Crippen LogP contribution in [0.15, 0.2) is 40.7 Å². The highest BCUT2D eigenvalue weighted by molar-refractivity contribution is 5.99. The van der Waals surface area contributed by atoms with E-state index < -0.39 is 0 Å². The Hall–Kier alpha value is -2.30. The minimum absolute atomic E-state index is 0.0412. The number of rotatable bonds is 3. The summed E-state index contributed by atoms with van der Waals surface area (Å²) in [5.41, 5.74) is 12.6. The average Bonchev–Trinajstić information content (AvgIpc) is 2.68. The molecule has 5 heteroatoms. The van der Waals surface area contributed by atoms with Gasteiger partial charge in [0.05, 0.1) is 6.21 Å². The Morgan fingerprint density at radius 2 is 2.12 bits per heavy atom. The SMILES string of the molecule is CCn1cc(/C=N\N=C(N)N)c2ccccc21. The first-order chi connectivity index (χ1) is 8.22. The number of nitrogens with zero attached hydrogens (tertiary/aromatic N) is 3. The van der Waals surface area contributed by atoms with E-state index in [9.17, 15) is 0 Å². The summed E-state index contributed by atoms with van der Waals surface area (Å²) >= 11 is 0. The molecular formula is C12H15N5. The Kier molecular flexibility index (Phi) is 3.09. The Labute approximate surface area is 99.4 Å². The number of fused-ring (bicyclic) bond motifs is 1. The van der Waals surface area contributed by atoms with Crippen molar-refractivity contribution >= 4 is 23.1 Å². The molecule has 0 saturated heterocycles. The molecule has 0 atom stereocenters. The van der Waals surface area contributed by atoms with Crippen molar-refractivity contribution in [3.8, 4) is 0 Å². The molecule has 2 aromatic rings. The van der Waals surface area contributed by atoms with Crippen molar-refractivity contribution in [3.63, 3.8) is 0 Å². The molecule has 0 unspecified atom stereocenters. The monoisotopic (exact) mass is 229 g/mol. The lowest BCUT2D eigenvalue weighted by Crippen LogP contribution is -2.21. The van der Waals surface area contributed by atoms with Crippen LogP contribution in [0.3, 0.4) is 0 Å². The molecule has 1 heterocycles. The Balaban J connectivity index is 2.47. The third kappa shape index (κ3) is 2.28. The Morgan fingerprint density at radius 3 is 2.82 bits per heavy atom. The summed E-state index contributed by atoms with van der Waals surface area (Å²) in [5.74, 6) is -0.0412. The number of nitrogens with two attached hydrogens (primary N) is 2. The van der Waals surface area contributed by atoms with Gasteiger partial charge in [-0.25, -0.2) is 0 Å². The largest absolute Gasteiger partial charge is 0.369 e. The number of benzene rings is 1. The topological polar surface area (TPSA) is 81.7 Å². The second-order valence-electron chi connectivity index (χ2n) is 3.66. The summed E-state index contributed by atoms with van der Waals surface area (Å²) in [4.78, 5) is 0. The van der Waals surface area contributed by atoms with Crippen LogP contribution >= 0.6 is 0 Å². The number of aromatic nitrogens is 1. The molecule has 0 fully saturated rings. The van der Waals surface area contributed by atoms with Gasteiger partial charge < -0.3 is 16.0 Å². The molecular weight excluding hydrogens is 214 g/mol. The molecule has 0 saturated carbocycles. The lowest BCUT2D eigenvalue weighted by molar-refractivity contribution is 0.797. The van der Waals surface area contributed by atoms with Gasteiger partial charge in [0.1, 0.15) is 0 Å². The number of hydrogen-bond acceptors (Lipinski definition) is 2.